The number of hydrogen-bond acceptors (Lipinski definition) is 6. The van der Waals surface area contributed by atoms with Gasteiger partial charge in [-0.1, -0.05) is 6.92 Å². The van der Waals surface area contributed by atoms with Crippen LogP contribution in [0.25, 0.3) is 0 Å². The molecule has 1 fully saturated rings. The molecule has 1 aliphatic rings. The van der Waals surface area contributed by atoms with Gasteiger partial charge >= 0.3 is 0 Å². The van der Waals surface area contributed by atoms with Gasteiger partial charge in [-0.25, -0.2) is 15.0 Å². The number of likely N-dealkylation sites (tertiary alicyclic amines) is 1. The number of aromatic nitrogens is 7. The molecular formula is C20H28N8. The van der Waals surface area contributed by atoms with Crippen molar-refractivity contribution in [1.82, 2.24) is 39.2 Å². The second-order valence-electron chi connectivity index (χ2n) is 7.37. The molecule has 8 nitrogen and oxygen atoms in total. The topological polar surface area (TPSA) is 77.5 Å². The van der Waals surface area contributed by atoms with Gasteiger partial charge in [-0.15, -0.1) is 10.2 Å². The van der Waals surface area contributed by atoms with Crippen molar-refractivity contribution >= 4 is 0 Å². The first-order chi connectivity index (χ1) is 13.8. The van der Waals surface area contributed by atoms with Crippen molar-refractivity contribution in [2.24, 2.45) is 0 Å². The third kappa shape index (κ3) is 4.11. The Hall–Kier alpha value is -2.61. The van der Waals surface area contributed by atoms with E-state index in [2.05, 4.69) is 48.5 Å². The summed E-state index contributed by atoms with van der Waals surface area (Å²) in [7, 11) is 0. The van der Waals surface area contributed by atoms with Crippen LogP contribution in [0.3, 0.4) is 0 Å². The highest BCUT2D eigenvalue weighted by atomic mass is 15.3. The number of imidazole rings is 1. The Kier molecular flexibility index (Phi) is 5.76. The van der Waals surface area contributed by atoms with E-state index in [9.17, 15) is 0 Å². The van der Waals surface area contributed by atoms with E-state index >= 15 is 0 Å². The standard InChI is InChI=1S/C20H28N8/c1-3-18-22-11-16(12-23-18)13-26-8-5-17(6-9-26)20-25-24-19(28(20)4-2)14-27-10-7-21-15-27/h7,10-12,15,17H,3-6,8-9,13-14H2,1-2H3. The first-order valence-electron chi connectivity index (χ1n) is 10.2. The Morgan fingerprint density at radius 3 is 2.46 bits per heavy atom. The molecule has 0 atom stereocenters. The lowest BCUT2D eigenvalue weighted by atomic mass is 9.95. The van der Waals surface area contributed by atoms with E-state index in [0.717, 1.165) is 62.9 Å². The monoisotopic (exact) mass is 380 g/mol. The van der Waals surface area contributed by atoms with Gasteiger partial charge in [0.05, 0.1) is 12.9 Å². The normalized spacial score (nSPS) is 15.9. The third-order valence-corrected chi connectivity index (χ3v) is 5.49. The molecule has 0 radical (unpaired) electrons. The summed E-state index contributed by atoms with van der Waals surface area (Å²) in [5.74, 6) is 3.52. The maximum absolute atomic E-state index is 4.56. The molecule has 8 heteroatoms. The second kappa shape index (κ2) is 8.60. The Balaban J connectivity index is 1.37. The Morgan fingerprint density at radius 2 is 1.82 bits per heavy atom. The fourth-order valence-electron chi connectivity index (χ4n) is 3.91. The van der Waals surface area contributed by atoms with E-state index in [1.807, 2.05) is 29.5 Å². The van der Waals surface area contributed by atoms with Crippen LogP contribution in [0.1, 0.15) is 55.6 Å². The molecule has 0 aromatic carbocycles. The third-order valence-electron chi connectivity index (χ3n) is 5.49. The SMILES string of the molecule is CCc1ncc(CN2CCC(c3nnc(Cn4ccnc4)n3CC)CC2)cn1. The van der Waals surface area contributed by atoms with Crippen molar-refractivity contribution in [3.05, 3.63) is 54.2 Å². The lowest BCUT2D eigenvalue weighted by Gasteiger charge is -2.31. The van der Waals surface area contributed by atoms with E-state index < -0.39 is 0 Å². The predicted molar refractivity (Wildman–Crippen MR) is 106 cm³/mol. The van der Waals surface area contributed by atoms with Crippen molar-refractivity contribution < 1.29 is 0 Å². The molecule has 148 valence electrons. The summed E-state index contributed by atoms with van der Waals surface area (Å²) < 4.78 is 4.31. The minimum atomic E-state index is 0.471. The van der Waals surface area contributed by atoms with E-state index in [0.29, 0.717) is 12.5 Å². The summed E-state index contributed by atoms with van der Waals surface area (Å²) in [6, 6.07) is 0. The Morgan fingerprint density at radius 1 is 1.04 bits per heavy atom. The quantitative estimate of drug-likeness (QED) is 0.626. The van der Waals surface area contributed by atoms with Crippen molar-refractivity contribution in [1.29, 1.82) is 0 Å². The summed E-state index contributed by atoms with van der Waals surface area (Å²) in [5, 5.41) is 9.03. The fraction of sp³-hybridized carbons (Fsp3) is 0.550. The van der Waals surface area contributed by atoms with Crippen LogP contribution in [0.15, 0.2) is 31.1 Å². The van der Waals surface area contributed by atoms with Gasteiger partial charge in [0.2, 0.25) is 0 Å². The average molecular weight is 381 g/mol. The molecule has 0 N–H and O–H groups in total. The van der Waals surface area contributed by atoms with Crippen molar-refractivity contribution in [3.8, 4) is 0 Å². The zero-order valence-corrected chi connectivity index (χ0v) is 16.7. The molecule has 0 unspecified atom stereocenters. The van der Waals surface area contributed by atoms with Gasteiger partial charge in [-0.3, -0.25) is 4.90 Å². The molecule has 4 heterocycles. The van der Waals surface area contributed by atoms with Crippen molar-refractivity contribution in [3.63, 3.8) is 0 Å². The summed E-state index contributed by atoms with van der Waals surface area (Å²) in [6.45, 7) is 8.90. The Labute approximate surface area is 165 Å². The smallest absolute Gasteiger partial charge is 0.153 e. The van der Waals surface area contributed by atoms with E-state index in [-0.39, 0.29) is 0 Å². The van der Waals surface area contributed by atoms with Crippen molar-refractivity contribution in [2.45, 2.75) is 58.7 Å². The number of rotatable bonds is 7. The van der Waals surface area contributed by atoms with Gasteiger partial charge in [0.15, 0.2) is 5.82 Å². The average Bonchev–Trinajstić information content (AvgIpc) is 3.39. The summed E-state index contributed by atoms with van der Waals surface area (Å²) in [4.78, 5) is 15.4. The van der Waals surface area contributed by atoms with E-state index in [1.54, 1.807) is 6.20 Å². The molecule has 28 heavy (non-hydrogen) atoms. The molecule has 0 saturated carbocycles. The second-order valence-corrected chi connectivity index (χ2v) is 7.37. The van der Waals surface area contributed by atoms with Gasteiger partial charge in [-0.2, -0.15) is 0 Å². The molecule has 3 aromatic rings. The maximum Gasteiger partial charge on any atom is 0.153 e. The van der Waals surface area contributed by atoms with Gasteiger partial charge in [0.1, 0.15) is 11.6 Å². The van der Waals surface area contributed by atoms with E-state index in [4.69, 9.17) is 0 Å². The highest BCUT2D eigenvalue weighted by Gasteiger charge is 2.26. The number of aryl methyl sites for hydroxylation is 1. The van der Waals surface area contributed by atoms with Crippen LogP contribution in [-0.2, 0) is 26.1 Å². The fourth-order valence-corrected chi connectivity index (χ4v) is 3.91. The summed E-state index contributed by atoms with van der Waals surface area (Å²) in [5.41, 5.74) is 1.19. The molecule has 4 rings (SSSR count). The summed E-state index contributed by atoms with van der Waals surface area (Å²) in [6.07, 6.45) is 12.6. The molecule has 0 amide bonds. The maximum atomic E-state index is 4.56. The highest BCUT2D eigenvalue weighted by molar-refractivity contribution is 5.08. The minimum Gasteiger partial charge on any atom is -0.330 e. The van der Waals surface area contributed by atoms with Crippen LogP contribution in [0, 0.1) is 0 Å². The van der Waals surface area contributed by atoms with E-state index in [1.165, 1.54) is 5.56 Å². The molecule has 0 bridgehead atoms. The molecule has 3 aromatic heterocycles. The van der Waals surface area contributed by atoms with Gasteiger partial charge in [0.25, 0.3) is 0 Å². The molecule has 0 aliphatic carbocycles. The van der Waals surface area contributed by atoms with Crippen LogP contribution in [-0.4, -0.2) is 52.3 Å². The lowest BCUT2D eigenvalue weighted by Crippen LogP contribution is -2.33. The summed E-state index contributed by atoms with van der Waals surface area (Å²) >= 11 is 0. The van der Waals surface area contributed by atoms with Crippen LogP contribution in [0.2, 0.25) is 0 Å². The zero-order chi connectivity index (χ0) is 19.3. The first kappa shape index (κ1) is 18.7. The number of piperidine rings is 1. The predicted octanol–water partition coefficient (Wildman–Crippen LogP) is 2.27. The van der Waals surface area contributed by atoms with Crippen LogP contribution in [0.4, 0.5) is 0 Å². The van der Waals surface area contributed by atoms with Crippen LogP contribution in [0.5, 0.6) is 0 Å². The first-order valence-corrected chi connectivity index (χ1v) is 10.2. The van der Waals surface area contributed by atoms with Gasteiger partial charge in [0, 0.05) is 55.8 Å². The van der Waals surface area contributed by atoms with Crippen LogP contribution >= 0.6 is 0 Å². The Bertz CT molecular complexity index is 860. The minimum absolute atomic E-state index is 0.471. The van der Waals surface area contributed by atoms with Gasteiger partial charge < -0.3 is 9.13 Å². The highest BCUT2D eigenvalue weighted by Crippen LogP contribution is 2.28. The van der Waals surface area contributed by atoms with Crippen LogP contribution < -0.4 is 0 Å². The number of nitrogens with zero attached hydrogens (tertiary/aromatic N) is 8. The molecule has 1 aliphatic heterocycles. The largest absolute Gasteiger partial charge is 0.330 e. The van der Waals surface area contributed by atoms with Crippen molar-refractivity contribution in [2.75, 3.05) is 13.1 Å². The molecule has 0 spiro atoms. The number of hydrogen-bond donors (Lipinski definition) is 0. The lowest BCUT2D eigenvalue weighted by molar-refractivity contribution is 0.199. The zero-order valence-electron chi connectivity index (χ0n) is 16.7. The van der Waals surface area contributed by atoms with Gasteiger partial charge in [-0.05, 0) is 32.9 Å². The molecular weight excluding hydrogens is 352 g/mol. The molecule has 1 saturated heterocycles.